The van der Waals surface area contributed by atoms with E-state index in [1.807, 2.05) is 22.8 Å². The van der Waals surface area contributed by atoms with Crippen LogP contribution in [0.15, 0.2) is 24.4 Å². The Labute approximate surface area is 193 Å². The third-order valence-electron chi connectivity index (χ3n) is 7.45. The third-order valence-corrected chi connectivity index (χ3v) is 7.45. The number of rotatable bonds is 7. The second kappa shape index (κ2) is 8.44. The molecule has 5 heterocycles. The molecule has 3 fully saturated rings. The quantitative estimate of drug-likeness (QED) is 0.572. The van der Waals surface area contributed by atoms with Crippen LogP contribution in [0.2, 0.25) is 0 Å². The second-order valence-electron chi connectivity index (χ2n) is 9.97. The van der Waals surface area contributed by atoms with Crippen LogP contribution in [0.25, 0.3) is 5.52 Å². The number of hydrogen-bond donors (Lipinski definition) is 2. The van der Waals surface area contributed by atoms with E-state index in [2.05, 4.69) is 38.4 Å². The van der Waals surface area contributed by atoms with Crippen molar-refractivity contribution >= 4 is 28.9 Å². The molecule has 174 valence electrons. The fraction of sp³-hybridized carbons (Fsp3) is 0.583. The number of aromatic amines is 1. The topological polar surface area (TPSA) is 94.5 Å². The molecule has 2 saturated heterocycles. The van der Waals surface area contributed by atoms with E-state index in [1.165, 1.54) is 18.5 Å². The van der Waals surface area contributed by atoms with Crippen molar-refractivity contribution in [1.82, 2.24) is 29.7 Å². The fourth-order valence-electron chi connectivity index (χ4n) is 5.29. The lowest BCUT2D eigenvalue weighted by molar-refractivity contribution is -0.121. The molecule has 0 amide bonds. The minimum Gasteiger partial charge on any atom is -0.329 e. The van der Waals surface area contributed by atoms with Gasteiger partial charge in [-0.05, 0) is 76.7 Å². The Morgan fingerprint density at radius 1 is 1.18 bits per heavy atom. The van der Waals surface area contributed by atoms with Gasteiger partial charge in [-0.3, -0.25) is 9.89 Å². The van der Waals surface area contributed by atoms with Gasteiger partial charge in [-0.15, -0.1) is 5.10 Å². The molecule has 2 N–H and O–H groups in total. The van der Waals surface area contributed by atoms with E-state index in [4.69, 9.17) is 10.1 Å². The summed E-state index contributed by atoms with van der Waals surface area (Å²) >= 11 is 0. The fourth-order valence-corrected chi connectivity index (χ4v) is 5.29. The van der Waals surface area contributed by atoms with Gasteiger partial charge in [0, 0.05) is 36.8 Å². The largest absolute Gasteiger partial charge is 0.329 e. The molecule has 3 aromatic heterocycles. The number of hydrogen-bond acceptors (Lipinski definition) is 7. The highest BCUT2D eigenvalue weighted by Gasteiger charge is 2.34. The van der Waals surface area contributed by atoms with Crippen LogP contribution in [0.4, 0.5) is 17.6 Å². The summed E-state index contributed by atoms with van der Waals surface area (Å²) in [6.45, 7) is 2.99. The highest BCUT2D eigenvalue weighted by Crippen LogP contribution is 2.40. The number of carbonyl (C=O) groups excluding carboxylic acids is 1. The maximum atomic E-state index is 13.3. The van der Waals surface area contributed by atoms with E-state index in [9.17, 15) is 4.79 Å². The van der Waals surface area contributed by atoms with Gasteiger partial charge in [0.25, 0.3) is 0 Å². The average molecular weight is 449 g/mol. The van der Waals surface area contributed by atoms with Crippen LogP contribution in [0.5, 0.6) is 0 Å². The average Bonchev–Trinajstić information content (AvgIpc) is 3.20. The Balaban J connectivity index is 1.23. The minimum absolute atomic E-state index is 0.127. The van der Waals surface area contributed by atoms with Crippen LogP contribution < -0.4 is 10.2 Å². The second-order valence-corrected chi connectivity index (χ2v) is 9.97. The first-order chi connectivity index (χ1) is 16.1. The first-order valence-electron chi connectivity index (χ1n) is 12.3. The Morgan fingerprint density at radius 3 is 2.85 bits per heavy atom. The molecule has 0 bridgehead atoms. The maximum Gasteiger partial charge on any atom is 0.246 e. The zero-order chi connectivity index (χ0) is 22.4. The third kappa shape index (κ3) is 4.21. The predicted octanol–water partition coefficient (Wildman–Crippen LogP) is 3.34. The molecule has 0 unspecified atom stereocenters. The van der Waals surface area contributed by atoms with Crippen molar-refractivity contribution in [2.24, 2.45) is 5.92 Å². The number of aromatic nitrogens is 5. The lowest BCUT2D eigenvalue weighted by Gasteiger charge is -2.30. The van der Waals surface area contributed by atoms with Crippen LogP contribution in [0.3, 0.4) is 0 Å². The smallest absolute Gasteiger partial charge is 0.246 e. The molecular formula is C24H32N8O. The van der Waals surface area contributed by atoms with Crippen LogP contribution in [-0.2, 0) is 4.79 Å². The molecule has 2 aliphatic heterocycles. The number of Topliss-reactive ketones (excluding diaryl/α,β-unsaturated/α-hetero) is 1. The monoisotopic (exact) mass is 448 g/mol. The van der Waals surface area contributed by atoms with Gasteiger partial charge in [0.1, 0.15) is 5.52 Å². The van der Waals surface area contributed by atoms with E-state index in [0.29, 0.717) is 35.8 Å². The van der Waals surface area contributed by atoms with Crippen molar-refractivity contribution in [3.8, 4) is 0 Å². The zero-order valence-corrected chi connectivity index (χ0v) is 19.2. The number of piperidine rings is 1. The molecule has 1 aliphatic carbocycles. The van der Waals surface area contributed by atoms with Crippen LogP contribution in [-0.4, -0.2) is 68.2 Å². The molecular weight excluding hydrogens is 416 g/mol. The van der Waals surface area contributed by atoms with E-state index >= 15 is 0 Å². The predicted molar refractivity (Wildman–Crippen MR) is 127 cm³/mol. The summed E-state index contributed by atoms with van der Waals surface area (Å²) in [5.41, 5.74) is 2.07. The Bertz CT molecular complexity index is 1140. The summed E-state index contributed by atoms with van der Waals surface area (Å²) in [6.07, 6.45) is 9.15. The van der Waals surface area contributed by atoms with Gasteiger partial charge in [0.2, 0.25) is 5.95 Å². The van der Waals surface area contributed by atoms with Gasteiger partial charge in [-0.25, -0.2) is 4.52 Å². The van der Waals surface area contributed by atoms with Crippen molar-refractivity contribution in [1.29, 1.82) is 0 Å². The number of anilines is 3. The van der Waals surface area contributed by atoms with E-state index in [-0.39, 0.29) is 6.04 Å². The Kier molecular flexibility index (Phi) is 5.28. The van der Waals surface area contributed by atoms with Gasteiger partial charge in [0.05, 0.1) is 6.04 Å². The maximum absolute atomic E-state index is 13.3. The zero-order valence-electron chi connectivity index (χ0n) is 19.2. The van der Waals surface area contributed by atoms with Gasteiger partial charge < -0.3 is 15.1 Å². The molecule has 0 radical (unpaired) electrons. The highest BCUT2D eigenvalue weighted by molar-refractivity contribution is 5.87. The summed E-state index contributed by atoms with van der Waals surface area (Å²) < 4.78 is 1.84. The molecule has 1 atom stereocenters. The van der Waals surface area contributed by atoms with Crippen molar-refractivity contribution in [3.05, 3.63) is 30.1 Å². The lowest BCUT2D eigenvalue weighted by atomic mass is 9.89. The molecule has 33 heavy (non-hydrogen) atoms. The number of nitrogens with zero attached hydrogens (tertiary/aromatic N) is 6. The number of nitrogens with one attached hydrogen (secondary N) is 2. The van der Waals surface area contributed by atoms with Gasteiger partial charge >= 0.3 is 0 Å². The summed E-state index contributed by atoms with van der Waals surface area (Å²) in [5.74, 6) is 3.55. The minimum atomic E-state index is -0.127. The highest BCUT2D eigenvalue weighted by atomic mass is 16.1. The Morgan fingerprint density at radius 2 is 2.03 bits per heavy atom. The van der Waals surface area contributed by atoms with Gasteiger partial charge in [0.15, 0.2) is 17.4 Å². The summed E-state index contributed by atoms with van der Waals surface area (Å²) in [4.78, 5) is 22.6. The molecule has 1 saturated carbocycles. The van der Waals surface area contributed by atoms with E-state index < -0.39 is 0 Å². The van der Waals surface area contributed by atoms with Crippen molar-refractivity contribution < 1.29 is 4.79 Å². The van der Waals surface area contributed by atoms with Crippen molar-refractivity contribution in [2.45, 2.75) is 56.9 Å². The number of ketones is 1. The first kappa shape index (κ1) is 20.7. The number of carbonyl (C=O) groups is 1. The van der Waals surface area contributed by atoms with E-state index in [0.717, 1.165) is 56.7 Å². The summed E-state index contributed by atoms with van der Waals surface area (Å²) in [6, 6.07) is 5.90. The molecule has 0 aromatic carbocycles. The van der Waals surface area contributed by atoms with Crippen LogP contribution in [0, 0.1) is 5.92 Å². The van der Waals surface area contributed by atoms with Crippen molar-refractivity contribution in [2.75, 3.05) is 36.9 Å². The van der Waals surface area contributed by atoms with Crippen LogP contribution in [0.1, 0.15) is 56.6 Å². The summed E-state index contributed by atoms with van der Waals surface area (Å²) in [7, 11) is 2.16. The molecule has 0 spiro atoms. The number of likely N-dealkylation sites (tertiary alicyclic amines) is 1. The molecule has 9 heteroatoms. The molecule has 9 nitrogen and oxygen atoms in total. The number of fused-ring (bicyclic) bond motifs is 1. The molecule has 6 rings (SSSR count). The van der Waals surface area contributed by atoms with Gasteiger partial charge in [-0.2, -0.15) is 10.1 Å². The van der Waals surface area contributed by atoms with Crippen molar-refractivity contribution in [3.63, 3.8) is 0 Å². The Hall–Kier alpha value is -2.94. The van der Waals surface area contributed by atoms with E-state index in [1.54, 1.807) is 0 Å². The molecule has 3 aromatic rings. The summed E-state index contributed by atoms with van der Waals surface area (Å²) in [5, 5.41) is 15.7. The SMILES string of the molecule is CN1CCC(CC(=O)[C@@H]2CCCN2c2nc(Nc3cc(C4CC4)[nH]n3)c3cccn3n2)CC1. The standard InChI is InChI=1S/C24H32N8O/c1-30-12-8-16(9-13-30)14-21(33)19-4-2-10-31(19)24-26-23(20-5-3-11-32(20)29-24)25-22-15-18(27-28-22)17-6-7-17/h3,5,11,15-17,19H,2,4,6-10,12-14H2,1H3,(H2,25,26,27,28,29)/t19-/m0/s1. The number of H-pyrrole nitrogens is 1. The normalized spacial score (nSPS) is 22.3. The molecule has 3 aliphatic rings. The van der Waals surface area contributed by atoms with Crippen LogP contribution >= 0.6 is 0 Å². The lowest BCUT2D eigenvalue weighted by Crippen LogP contribution is -2.39. The first-order valence-corrected chi connectivity index (χ1v) is 12.3. The van der Waals surface area contributed by atoms with Gasteiger partial charge in [-0.1, -0.05) is 0 Å².